The van der Waals surface area contributed by atoms with Crippen molar-refractivity contribution >= 4 is 39.0 Å². The Morgan fingerprint density at radius 1 is 1.26 bits per heavy atom. The number of thiazole rings is 1. The van der Waals surface area contributed by atoms with Gasteiger partial charge in [-0.25, -0.2) is 4.98 Å². The lowest BCUT2D eigenvalue weighted by atomic mass is 10.2. The van der Waals surface area contributed by atoms with Gasteiger partial charge in [0.05, 0.1) is 6.20 Å². The van der Waals surface area contributed by atoms with Crippen LogP contribution in [0.15, 0.2) is 43.1 Å². The second-order valence-electron chi connectivity index (χ2n) is 6.15. The van der Waals surface area contributed by atoms with Crippen LogP contribution in [-0.2, 0) is 4.79 Å². The van der Waals surface area contributed by atoms with Crippen molar-refractivity contribution in [2.45, 2.75) is 6.92 Å². The summed E-state index contributed by atoms with van der Waals surface area (Å²) in [7, 11) is 0. The molecule has 27 heavy (non-hydrogen) atoms. The molecule has 0 spiro atoms. The van der Waals surface area contributed by atoms with Crippen molar-refractivity contribution in [2.24, 2.45) is 0 Å². The normalized spacial score (nSPS) is 14.6. The van der Waals surface area contributed by atoms with E-state index in [-0.39, 0.29) is 11.8 Å². The second kappa shape index (κ2) is 8.79. The summed E-state index contributed by atoms with van der Waals surface area (Å²) < 4.78 is 0. The zero-order chi connectivity index (χ0) is 19.2. The average molecular weight is 385 g/mol. The standard InChI is InChI=1S/C19H23N5O2S/c1-3-16(25)21-15-7-5-6-14(12-15)18(26)22-19-20-13-17(27-19)24-10-8-23(4-2)9-11-24/h3,5-7,12-13H,1,4,8-11H2,2H3,(H,21,25)(H,20,22,26). The van der Waals surface area contributed by atoms with Crippen molar-refractivity contribution in [3.05, 3.63) is 48.7 Å². The number of piperazine rings is 1. The average Bonchev–Trinajstić information content (AvgIpc) is 3.16. The summed E-state index contributed by atoms with van der Waals surface area (Å²) in [6.07, 6.45) is 2.99. The largest absolute Gasteiger partial charge is 0.360 e. The van der Waals surface area contributed by atoms with Crippen molar-refractivity contribution in [1.29, 1.82) is 0 Å². The minimum atomic E-state index is -0.319. The van der Waals surface area contributed by atoms with Gasteiger partial charge in [-0.05, 0) is 30.8 Å². The predicted octanol–water partition coefficient (Wildman–Crippen LogP) is 2.66. The topological polar surface area (TPSA) is 77.6 Å². The van der Waals surface area contributed by atoms with Crippen LogP contribution in [0.2, 0.25) is 0 Å². The molecule has 8 heteroatoms. The first-order chi connectivity index (χ1) is 13.1. The molecule has 1 fully saturated rings. The number of amides is 2. The van der Waals surface area contributed by atoms with Crippen LogP contribution in [0.3, 0.4) is 0 Å². The number of carbonyl (C=O) groups excluding carboxylic acids is 2. The number of aromatic nitrogens is 1. The van der Waals surface area contributed by atoms with Gasteiger partial charge in [0.2, 0.25) is 5.91 Å². The van der Waals surface area contributed by atoms with E-state index in [2.05, 4.69) is 38.9 Å². The van der Waals surface area contributed by atoms with Gasteiger partial charge >= 0.3 is 0 Å². The number of anilines is 3. The molecule has 142 valence electrons. The highest BCUT2D eigenvalue weighted by Gasteiger charge is 2.18. The molecule has 1 saturated heterocycles. The first-order valence-corrected chi connectivity index (χ1v) is 9.68. The lowest BCUT2D eigenvalue weighted by molar-refractivity contribution is -0.111. The third kappa shape index (κ3) is 4.93. The molecular formula is C19H23N5O2S. The zero-order valence-electron chi connectivity index (χ0n) is 15.3. The number of likely N-dealkylation sites (N-methyl/N-ethyl adjacent to an activating group) is 1. The van der Waals surface area contributed by atoms with Crippen LogP contribution in [-0.4, -0.2) is 54.4 Å². The summed E-state index contributed by atoms with van der Waals surface area (Å²) in [5, 5.41) is 7.10. The Labute approximate surface area is 162 Å². The highest BCUT2D eigenvalue weighted by atomic mass is 32.1. The van der Waals surface area contributed by atoms with E-state index < -0.39 is 0 Å². The fourth-order valence-electron chi connectivity index (χ4n) is 2.85. The number of rotatable bonds is 6. The van der Waals surface area contributed by atoms with Gasteiger partial charge < -0.3 is 15.1 Å². The lowest BCUT2D eigenvalue weighted by Crippen LogP contribution is -2.45. The molecule has 3 rings (SSSR count). The van der Waals surface area contributed by atoms with Crippen molar-refractivity contribution < 1.29 is 9.59 Å². The van der Waals surface area contributed by atoms with Crippen LogP contribution < -0.4 is 15.5 Å². The van der Waals surface area contributed by atoms with Crippen LogP contribution >= 0.6 is 11.3 Å². The summed E-state index contributed by atoms with van der Waals surface area (Å²) in [5.74, 6) is -0.582. The van der Waals surface area contributed by atoms with Crippen LogP contribution in [0.25, 0.3) is 0 Å². The third-order valence-electron chi connectivity index (χ3n) is 4.42. The number of hydrogen-bond acceptors (Lipinski definition) is 6. The molecule has 1 aliphatic heterocycles. The van der Waals surface area contributed by atoms with Crippen LogP contribution in [0.5, 0.6) is 0 Å². The van der Waals surface area contributed by atoms with Gasteiger partial charge in [0, 0.05) is 37.4 Å². The third-order valence-corrected chi connectivity index (χ3v) is 5.40. The molecule has 2 amide bonds. The van der Waals surface area contributed by atoms with Crippen LogP contribution in [0, 0.1) is 0 Å². The smallest absolute Gasteiger partial charge is 0.257 e. The molecule has 1 aromatic carbocycles. The molecule has 2 heterocycles. The Kier molecular flexibility index (Phi) is 6.20. The van der Waals surface area contributed by atoms with Gasteiger partial charge in [-0.2, -0.15) is 0 Å². The number of hydrogen-bond donors (Lipinski definition) is 2. The highest BCUT2D eigenvalue weighted by Crippen LogP contribution is 2.28. The SMILES string of the molecule is C=CC(=O)Nc1cccc(C(=O)Nc2ncc(N3CCN(CC)CC3)s2)c1. The molecule has 0 atom stereocenters. The number of nitrogens with zero attached hydrogens (tertiary/aromatic N) is 3. The van der Waals surface area contributed by atoms with E-state index in [0.29, 0.717) is 16.4 Å². The molecule has 0 radical (unpaired) electrons. The summed E-state index contributed by atoms with van der Waals surface area (Å²) in [5.41, 5.74) is 0.992. The predicted molar refractivity (Wildman–Crippen MR) is 110 cm³/mol. The summed E-state index contributed by atoms with van der Waals surface area (Å²) in [4.78, 5) is 32.9. The highest BCUT2D eigenvalue weighted by molar-refractivity contribution is 7.19. The monoisotopic (exact) mass is 385 g/mol. The van der Waals surface area contributed by atoms with E-state index in [0.717, 1.165) is 37.7 Å². The van der Waals surface area contributed by atoms with E-state index in [4.69, 9.17) is 0 Å². The molecule has 0 aliphatic carbocycles. The van der Waals surface area contributed by atoms with E-state index >= 15 is 0 Å². The first-order valence-electron chi connectivity index (χ1n) is 8.87. The maximum absolute atomic E-state index is 12.5. The minimum Gasteiger partial charge on any atom is -0.360 e. The van der Waals surface area contributed by atoms with Gasteiger partial charge in [0.25, 0.3) is 5.91 Å². The van der Waals surface area contributed by atoms with E-state index in [1.807, 2.05) is 6.20 Å². The van der Waals surface area contributed by atoms with Gasteiger partial charge in [0.1, 0.15) is 5.00 Å². The number of benzene rings is 1. The van der Waals surface area contributed by atoms with Crippen LogP contribution in [0.4, 0.5) is 15.8 Å². The van der Waals surface area contributed by atoms with Gasteiger partial charge in [0.15, 0.2) is 5.13 Å². The molecule has 1 aliphatic rings. The number of carbonyl (C=O) groups is 2. The molecule has 0 saturated carbocycles. The summed E-state index contributed by atoms with van der Waals surface area (Å²) >= 11 is 1.47. The maximum Gasteiger partial charge on any atom is 0.257 e. The molecule has 0 unspecified atom stereocenters. The van der Waals surface area contributed by atoms with Crippen molar-refractivity contribution in [2.75, 3.05) is 48.3 Å². The van der Waals surface area contributed by atoms with Gasteiger partial charge in [-0.1, -0.05) is 30.9 Å². The Morgan fingerprint density at radius 2 is 2.04 bits per heavy atom. The van der Waals surface area contributed by atoms with Gasteiger partial charge in [-0.15, -0.1) is 0 Å². The Hall–Kier alpha value is -2.71. The Bertz CT molecular complexity index is 827. The molecule has 2 N–H and O–H groups in total. The van der Waals surface area contributed by atoms with Gasteiger partial charge in [-0.3, -0.25) is 14.9 Å². The van der Waals surface area contributed by atoms with Crippen molar-refractivity contribution in [3.63, 3.8) is 0 Å². The van der Waals surface area contributed by atoms with E-state index in [1.54, 1.807) is 24.3 Å². The summed E-state index contributed by atoms with van der Waals surface area (Å²) in [6.45, 7) is 10.7. The van der Waals surface area contributed by atoms with Crippen LogP contribution in [0.1, 0.15) is 17.3 Å². The fraction of sp³-hybridized carbons (Fsp3) is 0.316. The van der Waals surface area contributed by atoms with Crippen molar-refractivity contribution in [3.8, 4) is 0 Å². The molecule has 2 aromatic rings. The first kappa shape index (κ1) is 19.1. The molecule has 7 nitrogen and oxygen atoms in total. The lowest BCUT2D eigenvalue weighted by Gasteiger charge is -2.34. The number of nitrogens with one attached hydrogen (secondary N) is 2. The molecular weight excluding hydrogens is 362 g/mol. The Morgan fingerprint density at radius 3 is 2.74 bits per heavy atom. The fourth-order valence-corrected chi connectivity index (χ4v) is 3.72. The maximum atomic E-state index is 12.5. The minimum absolute atomic E-state index is 0.263. The zero-order valence-corrected chi connectivity index (χ0v) is 16.1. The molecule has 1 aromatic heterocycles. The van der Waals surface area contributed by atoms with E-state index in [9.17, 15) is 9.59 Å². The molecule has 0 bridgehead atoms. The quantitative estimate of drug-likeness (QED) is 0.748. The summed E-state index contributed by atoms with van der Waals surface area (Å²) in [6, 6.07) is 6.75. The van der Waals surface area contributed by atoms with Crippen molar-refractivity contribution in [1.82, 2.24) is 9.88 Å². The van der Waals surface area contributed by atoms with E-state index in [1.165, 1.54) is 17.4 Å². The Balaban J connectivity index is 1.62. The second-order valence-corrected chi connectivity index (χ2v) is 7.16.